The fourth-order valence-corrected chi connectivity index (χ4v) is 3.81. The molecule has 0 bridgehead atoms. The van der Waals surface area contributed by atoms with Crippen LogP contribution < -0.4 is 10.6 Å². The molecule has 0 amide bonds. The van der Waals surface area contributed by atoms with Crippen LogP contribution in [0.15, 0.2) is 0 Å². The molecular weight excluding hydrogens is 236 g/mol. The van der Waals surface area contributed by atoms with E-state index in [0.717, 1.165) is 6.04 Å². The number of hydrogen-bond donors (Lipinski definition) is 2. The molecule has 4 heteroatoms. The van der Waals surface area contributed by atoms with Gasteiger partial charge < -0.3 is 15.5 Å². The summed E-state index contributed by atoms with van der Waals surface area (Å²) in [7, 11) is 2.22. The van der Waals surface area contributed by atoms with Crippen molar-refractivity contribution in [2.45, 2.75) is 26.3 Å². The van der Waals surface area contributed by atoms with Crippen molar-refractivity contribution in [2.75, 3.05) is 59.4 Å². The average molecular weight is 266 g/mol. The highest BCUT2D eigenvalue weighted by Crippen LogP contribution is 2.35. The fraction of sp³-hybridized carbons (Fsp3) is 1.00. The van der Waals surface area contributed by atoms with Crippen LogP contribution >= 0.6 is 0 Å². The Bertz CT molecular complexity index is 312. The smallest absolute Gasteiger partial charge is 0.0207 e. The molecule has 0 aromatic carbocycles. The van der Waals surface area contributed by atoms with E-state index in [9.17, 15) is 0 Å². The van der Waals surface area contributed by atoms with Gasteiger partial charge in [0.2, 0.25) is 0 Å². The summed E-state index contributed by atoms with van der Waals surface area (Å²) in [4.78, 5) is 4.97. The van der Waals surface area contributed by atoms with E-state index < -0.39 is 0 Å². The molecule has 4 fully saturated rings. The van der Waals surface area contributed by atoms with E-state index in [0.29, 0.717) is 10.8 Å². The first kappa shape index (κ1) is 13.8. The van der Waals surface area contributed by atoms with Gasteiger partial charge in [0.15, 0.2) is 0 Å². The maximum Gasteiger partial charge on any atom is 0.0207 e. The van der Waals surface area contributed by atoms with Gasteiger partial charge in [-0.05, 0) is 33.9 Å². The molecule has 0 atom stereocenters. The second-order valence-electron chi connectivity index (χ2n) is 7.69. The molecule has 4 nitrogen and oxygen atoms in total. The molecule has 0 aliphatic carbocycles. The molecule has 19 heavy (non-hydrogen) atoms. The summed E-state index contributed by atoms with van der Waals surface area (Å²) in [5.41, 5.74) is 1.42. The number of nitrogens with zero attached hydrogens (tertiary/aromatic N) is 2. The van der Waals surface area contributed by atoms with Gasteiger partial charge in [0, 0.05) is 62.7 Å². The first-order valence-corrected chi connectivity index (χ1v) is 7.87. The van der Waals surface area contributed by atoms with Crippen LogP contribution in [0.5, 0.6) is 0 Å². The Morgan fingerprint density at radius 3 is 1.74 bits per heavy atom. The molecule has 0 aromatic heterocycles. The quantitative estimate of drug-likeness (QED) is 0.710. The molecule has 0 saturated carbocycles. The van der Waals surface area contributed by atoms with Crippen molar-refractivity contribution < 1.29 is 0 Å². The van der Waals surface area contributed by atoms with E-state index in [2.05, 4.69) is 41.3 Å². The van der Waals surface area contributed by atoms with Gasteiger partial charge >= 0.3 is 0 Å². The standard InChI is InChI=1S/C8H16N2.C7H14N2/c1-7(2)10-5-8(6-10)3-9-4-8;1-9-3-2-7(6-9)4-8-5-7/h7,9H,3-6H2,1-2H3;8H,2-6H2,1H3. The Hall–Kier alpha value is -0.160. The van der Waals surface area contributed by atoms with Gasteiger partial charge in [-0.25, -0.2) is 0 Å². The monoisotopic (exact) mass is 266 g/mol. The molecule has 2 spiro atoms. The second-order valence-corrected chi connectivity index (χ2v) is 7.69. The average Bonchev–Trinajstić information content (AvgIpc) is 2.56. The Morgan fingerprint density at radius 1 is 0.895 bits per heavy atom. The van der Waals surface area contributed by atoms with Crippen molar-refractivity contribution in [3.05, 3.63) is 0 Å². The van der Waals surface area contributed by atoms with Crippen LogP contribution in [-0.4, -0.2) is 75.2 Å². The van der Waals surface area contributed by atoms with E-state index >= 15 is 0 Å². The van der Waals surface area contributed by atoms with Crippen molar-refractivity contribution in [3.8, 4) is 0 Å². The summed E-state index contributed by atoms with van der Waals surface area (Å²) < 4.78 is 0. The number of nitrogens with one attached hydrogen (secondary N) is 2. The van der Waals surface area contributed by atoms with Gasteiger partial charge in [-0.3, -0.25) is 4.90 Å². The topological polar surface area (TPSA) is 30.5 Å². The lowest BCUT2D eigenvalue weighted by Gasteiger charge is -2.57. The van der Waals surface area contributed by atoms with Crippen LogP contribution in [-0.2, 0) is 0 Å². The molecule has 0 radical (unpaired) electrons. The van der Waals surface area contributed by atoms with Gasteiger partial charge in [0.25, 0.3) is 0 Å². The number of rotatable bonds is 1. The zero-order valence-electron chi connectivity index (χ0n) is 12.8. The highest BCUT2D eigenvalue weighted by Gasteiger charge is 2.47. The minimum atomic E-state index is 0.703. The van der Waals surface area contributed by atoms with Crippen LogP contribution in [0.25, 0.3) is 0 Å². The molecule has 4 saturated heterocycles. The number of hydrogen-bond acceptors (Lipinski definition) is 4. The van der Waals surface area contributed by atoms with Crippen molar-refractivity contribution in [1.82, 2.24) is 20.4 Å². The molecular formula is C15H30N4. The lowest BCUT2D eigenvalue weighted by molar-refractivity contribution is -0.0569. The summed E-state index contributed by atoms with van der Waals surface area (Å²) in [6.45, 7) is 14.9. The summed E-state index contributed by atoms with van der Waals surface area (Å²) in [5.74, 6) is 0. The zero-order valence-corrected chi connectivity index (χ0v) is 12.8. The van der Waals surface area contributed by atoms with Crippen molar-refractivity contribution >= 4 is 0 Å². The normalized spacial score (nSPS) is 31.6. The van der Waals surface area contributed by atoms with Gasteiger partial charge in [-0.15, -0.1) is 0 Å². The summed E-state index contributed by atoms with van der Waals surface area (Å²) >= 11 is 0. The largest absolute Gasteiger partial charge is 0.315 e. The highest BCUT2D eigenvalue weighted by molar-refractivity contribution is 5.04. The molecule has 0 unspecified atom stereocenters. The Kier molecular flexibility index (Phi) is 3.63. The SMILES string of the molecule is CC(C)N1CC2(CNC2)C1.CN1CCC2(CNC2)C1. The van der Waals surface area contributed by atoms with Crippen molar-refractivity contribution in [3.63, 3.8) is 0 Å². The van der Waals surface area contributed by atoms with Gasteiger partial charge in [0.05, 0.1) is 0 Å². The molecule has 4 rings (SSSR count). The van der Waals surface area contributed by atoms with E-state index in [1.165, 1.54) is 58.8 Å². The lowest BCUT2D eigenvalue weighted by Crippen LogP contribution is -2.72. The minimum Gasteiger partial charge on any atom is -0.315 e. The molecule has 4 heterocycles. The second kappa shape index (κ2) is 4.99. The Labute approximate surface area is 117 Å². The summed E-state index contributed by atoms with van der Waals surface area (Å²) in [6.07, 6.45) is 1.41. The van der Waals surface area contributed by atoms with Gasteiger partial charge in [0.1, 0.15) is 0 Å². The predicted molar refractivity (Wildman–Crippen MR) is 79.4 cm³/mol. The van der Waals surface area contributed by atoms with E-state index in [-0.39, 0.29) is 0 Å². The van der Waals surface area contributed by atoms with Crippen LogP contribution in [0.4, 0.5) is 0 Å². The van der Waals surface area contributed by atoms with E-state index in [1.54, 1.807) is 0 Å². The molecule has 2 N–H and O–H groups in total. The third-order valence-electron chi connectivity index (χ3n) is 5.44. The number of likely N-dealkylation sites (tertiary alicyclic amines) is 2. The maximum atomic E-state index is 3.34. The van der Waals surface area contributed by atoms with Crippen LogP contribution in [0.1, 0.15) is 20.3 Å². The first-order chi connectivity index (χ1) is 9.03. The molecule has 0 aromatic rings. The first-order valence-electron chi connectivity index (χ1n) is 7.87. The van der Waals surface area contributed by atoms with Crippen LogP contribution in [0.3, 0.4) is 0 Å². The third-order valence-corrected chi connectivity index (χ3v) is 5.44. The zero-order chi connectivity index (χ0) is 13.5. The van der Waals surface area contributed by atoms with Gasteiger partial charge in [-0.1, -0.05) is 0 Å². The molecule has 110 valence electrons. The lowest BCUT2D eigenvalue weighted by atomic mass is 9.74. The fourth-order valence-electron chi connectivity index (χ4n) is 3.81. The van der Waals surface area contributed by atoms with Crippen molar-refractivity contribution in [1.29, 1.82) is 0 Å². The maximum absolute atomic E-state index is 3.34. The Morgan fingerprint density at radius 2 is 1.47 bits per heavy atom. The van der Waals surface area contributed by atoms with E-state index in [4.69, 9.17) is 0 Å². The predicted octanol–water partition coefficient (Wildman–Crippen LogP) is 0.212. The van der Waals surface area contributed by atoms with Gasteiger partial charge in [-0.2, -0.15) is 0 Å². The van der Waals surface area contributed by atoms with E-state index in [1.807, 2.05) is 0 Å². The summed E-state index contributed by atoms with van der Waals surface area (Å²) in [5, 5.41) is 6.67. The van der Waals surface area contributed by atoms with Crippen LogP contribution in [0.2, 0.25) is 0 Å². The Balaban J connectivity index is 0.000000117. The van der Waals surface area contributed by atoms with Crippen molar-refractivity contribution in [2.24, 2.45) is 10.8 Å². The minimum absolute atomic E-state index is 0.703. The third kappa shape index (κ3) is 2.68. The van der Waals surface area contributed by atoms with Crippen LogP contribution in [0, 0.1) is 10.8 Å². The molecule has 4 aliphatic heterocycles. The highest BCUT2D eigenvalue weighted by atomic mass is 15.3. The summed E-state index contributed by atoms with van der Waals surface area (Å²) in [6, 6.07) is 0.756. The molecule has 4 aliphatic rings.